The van der Waals surface area contributed by atoms with Crippen LogP contribution in [0.5, 0.6) is 0 Å². The van der Waals surface area contributed by atoms with E-state index in [-0.39, 0.29) is 5.41 Å². The highest BCUT2D eigenvalue weighted by Crippen LogP contribution is 2.49. The quantitative estimate of drug-likeness (QED) is 0.154. The average molecular weight is 582 g/mol. The van der Waals surface area contributed by atoms with E-state index in [1.165, 1.54) is 38.9 Å². The van der Waals surface area contributed by atoms with E-state index in [1.807, 2.05) is 60.7 Å². The van der Waals surface area contributed by atoms with Gasteiger partial charge >= 0.3 is 0 Å². The Balaban J connectivity index is 1.18. The second-order valence-corrected chi connectivity index (χ2v) is 12.1. The molecule has 0 heterocycles. The fourth-order valence-corrected chi connectivity index (χ4v) is 6.34. The van der Waals surface area contributed by atoms with Crippen LogP contribution in [-0.4, -0.2) is 11.7 Å². The van der Waals surface area contributed by atoms with Gasteiger partial charge in [0.2, 0.25) is 0 Å². The zero-order valence-corrected chi connectivity index (χ0v) is 25.6. The van der Waals surface area contributed by atoms with E-state index < -0.39 is 0 Å². The molecule has 3 nitrogen and oxygen atoms in total. The molecule has 6 aromatic carbocycles. The van der Waals surface area contributed by atoms with Gasteiger partial charge in [-0.15, -0.1) is 0 Å². The Labute approximate surface area is 265 Å². The summed E-state index contributed by atoms with van der Waals surface area (Å²) >= 11 is 0. The van der Waals surface area contributed by atoms with Crippen LogP contribution in [0.2, 0.25) is 0 Å². The van der Waals surface area contributed by atoms with Gasteiger partial charge in [0.25, 0.3) is 0 Å². The monoisotopic (exact) mass is 581 g/mol. The Morgan fingerprint density at radius 2 is 1.11 bits per heavy atom. The van der Waals surface area contributed by atoms with Gasteiger partial charge in [-0.1, -0.05) is 147 Å². The summed E-state index contributed by atoms with van der Waals surface area (Å²) in [6.45, 7) is 5.15. The van der Waals surface area contributed by atoms with Crippen LogP contribution in [0.1, 0.15) is 41.7 Å². The molecule has 0 saturated carbocycles. The highest BCUT2D eigenvalue weighted by molar-refractivity contribution is 6.10. The standard InChI is InChI=1S/C42H35N3/c1-42(2)38-22-10-9-21-36(38)37-24-23-35(27-39(37)42)34-20-12-19-33(26-34)32-18-11-13-29(25-32)28-44-41(31-16-7-4-8-17-31)45-40(43)30-14-5-3-6-15-30/h3-27H,28H2,1-2H3,(H2,43,44,45). The molecule has 0 spiro atoms. The first-order valence-electron chi connectivity index (χ1n) is 15.4. The Kier molecular flexibility index (Phi) is 7.44. The van der Waals surface area contributed by atoms with Gasteiger partial charge in [0, 0.05) is 16.5 Å². The van der Waals surface area contributed by atoms with Crippen LogP contribution in [0, 0.1) is 0 Å². The van der Waals surface area contributed by atoms with Crippen molar-refractivity contribution in [3.63, 3.8) is 0 Å². The molecular formula is C42H35N3. The third-order valence-electron chi connectivity index (χ3n) is 8.78. The highest BCUT2D eigenvalue weighted by atomic mass is 15.0. The van der Waals surface area contributed by atoms with Crippen LogP contribution in [-0.2, 0) is 12.0 Å². The van der Waals surface area contributed by atoms with Gasteiger partial charge in [-0.05, 0) is 68.3 Å². The van der Waals surface area contributed by atoms with Crippen molar-refractivity contribution in [2.75, 3.05) is 0 Å². The molecular weight excluding hydrogens is 546 g/mol. The first-order valence-corrected chi connectivity index (χ1v) is 15.4. The SMILES string of the molecule is CC1(C)c2ccccc2-c2ccc(-c3cccc(-c4cccc(CN=C(N=C(N)c5ccccc5)c5ccccc5)c4)c3)cc21. The number of benzene rings is 6. The molecule has 0 saturated heterocycles. The number of hydrogen-bond acceptors (Lipinski definition) is 1. The molecule has 1 aliphatic carbocycles. The van der Waals surface area contributed by atoms with Gasteiger partial charge in [-0.3, -0.25) is 4.99 Å². The number of aliphatic imine (C=N–C) groups is 2. The Hall–Kier alpha value is -5.54. The average Bonchev–Trinajstić information content (AvgIpc) is 3.33. The Morgan fingerprint density at radius 1 is 0.533 bits per heavy atom. The Morgan fingerprint density at radius 3 is 1.84 bits per heavy atom. The first kappa shape index (κ1) is 28.2. The van der Waals surface area contributed by atoms with E-state index in [0.717, 1.165) is 22.3 Å². The second kappa shape index (κ2) is 11.9. The van der Waals surface area contributed by atoms with Crippen molar-refractivity contribution in [2.24, 2.45) is 15.7 Å². The summed E-state index contributed by atoms with van der Waals surface area (Å²) in [7, 11) is 0. The molecule has 0 radical (unpaired) electrons. The van der Waals surface area contributed by atoms with Gasteiger partial charge < -0.3 is 5.73 Å². The van der Waals surface area contributed by atoms with Crippen LogP contribution >= 0.6 is 0 Å². The first-order chi connectivity index (χ1) is 22.0. The number of fused-ring (bicyclic) bond motifs is 3. The van der Waals surface area contributed by atoms with Crippen molar-refractivity contribution in [2.45, 2.75) is 25.8 Å². The van der Waals surface area contributed by atoms with Crippen molar-refractivity contribution in [3.8, 4) is 33.4 Å². The predicted molar refractivity (Wildman–Crippen MR) is 189 cm³/mol. The van der Waals surface area contributed by atoms with Crippen LogP contribution in [0.3, 0.4) is 0 Å². The van der Waals surface area contributed by atoms with Gasteiger partial charge in [-0.25, -0.2) is 4.99 Å². The minimum Gasteiger partial charge on any atom is -0.383 e. The molecule has 0 aliphatic heterocycles. The lowest BCUT2D eigenvalue weighted by atomic mass is 9.81. The van der Waals surface area contributed by atoms with E-state index in [2.05, 4.69) is 105 Å². The molecule has 45 heavy (non-hydrogen) atoms. The van der Waals surface area contributed by atoms with Crippen molar-refractivity contribution >= 4 is 11.7 Å². The number of hydrogen-bond donors (Lipinski definition) is 1. The molecule has 0 unspecified atom stereocenters. The van der Waals surface area contributed by atoms with E-state index in [1.54, 1.807) is 0 Å². The van der Waals surface area contributed by atoms with Crippen LogP contribution < -0.4 is 5.73 Å². The van der Waals surface area contributed by atoms with Crippen LogP contribution in [0.4, 0.5) is 0 Å². The maximum absolute atomic E-state index is 6.40. The third-order valence-corrected chi connectivity index (χ3v) is 8.78. The van der Waals surface area contributed by atoms with E-state index in [4.69, 9.17) is 15.7 Å². The third kappa shape index (κ3) is 5.61. The van der Waals surface area contributed by atoms with Gasteiger partial charge in [0.15, 0.2) is 5.84 Å². The summed E-state index contributed by atoms with van der Waals surface area (Å²) in [6.07, 6.45) is 0. The van der Waals surface area contributed by atoms with Crippen molar-refractivity contribution in [1.82, 2.24) is 0 Å². The lowest BCUT2D eigenvalue weighted by Crippen LogP contribution is -2.16. The molecule has 218 valence electrons. The maximum atomic E-state index is 6.40. The molecule has 3 heteroatoms. The molecule has 6 aromatic rings. The molecule has 1 aliphatic rings. The largest absolute Gasteiger partial charge is 0.383 e. The van der Waals surface area contributed by atoms with E-state index in [0.29, 0.717) is 18.2 Å². The van der Waals surface area contributed by atoms with Gasteiger partial charge in [0.1, 0.15) is 5.84 Å². The minimum atomic E-state index is -0.0250. The summed E-state index contributed by atoms with van der Waals surface area (Å²) in [5.41, 5.74) is 19.5. The molecule has 0 atom stereocenters. The van der Waals surface area contributed by atoms with Crippen molar-refractivity contribution < 1.29 is 0 Å². The summed E-state index contributed by atoms with van der Waals surface area (Å²) in [4.78, 5) is 9.69. The second-order valence-electron chi connectivity index (χ2n) is 12.1. The van der Waals surface area contributed by atoms with Crippen molar-refractivity contribution in [3.05, 3.63) is 179 Å². The maximum Gasteiger partial charge on any atom is 0.157 e. The van der Waals surface area contributed by atoms with E-state index in [9.17, 15) is 0 Å². The summed E-state index contributed by atoms with van der Waals surface area (Å²) < 4.78 is 0. The number of nitrogens with two attached hydrogens (primary N) is 1. The topological polar surface area (TPSA) is 50.7 Å². The minimum absolute atomic E-state index is 0.0250. The van der Waals surface area contributed by atoms with Crippen LogP contribution in [0.25, 0.3) is 33.4 Å². The predicted octanol–water partition coefficient (Wildman–Crippen LogP) is 9.68. The Bertz CT molecular complexity index is 2050. The lowest BCUT2D eigenvalue weighted by Gasteiger charge is -2.22. The lowest BCUT2D eigenvalue weighted by molar-refractivity contribution is 0.660. The van der Waals surface area contributed by atoms with Crippen molar-refractivity contribution in [1.29, 1.82) is 0 Å². The normalized spacial score (nSPS) is 13.7. The summed E-state index contributed by atoms with van der Waals surface area (Å²) in [5, 5.41) is 0. The molecule has 0 fully saturated rings. The smallest absolute Gasteiger partial charge is 0.157 e. The number of amidine groups is 2. The highest BCUT2D eigenvalue weighted by Gasteiger charge is 2.35. The molecule has 0 amide bonds. The summed E-state index contributed by atoms with van der Waals surface area (Å²) in [5.74, 6) is 1.06. The molecule has 7 rings (SSSR count). The molecule has 0 bridgehead atoms. The van der Waals surface area contributed by atoms with Crippen LogP contribution in [0.15, 0.2) is 162 Å². The molecule has 2 N–H and O–H groups in total. The fraction of sp³-hybridized carbons (Fsp3) is 0.0952. The zero-order chi connectivity index (χ0) is 30.8. The number of nitrogens with zero attached hydrogens (tertiary/aromatic N) is 2. The summed E-state index contributed by atoms with van der Waals surface area (Å²) in [6, 6.07) is 53.0. The number of rotatable bonds is 6. The molecule has 0 aromatic heterocycles. The van der Waals surface area contributed by atoms with E-state index >= 15 is 0 Å². The van der Waals surface area contributed by atoms with Gasteiger partial charge in [-0.2, -0.15) is 0 Å². The fourth-order valence-electron chi connectivity index (χ4n) is 6.34. The van der Waals surface area contributed by atoms with Gasteiger partial charge in [0.05, 0.1) is 6.54 Å². The zero-order valence-electron chi connectivity index (χ0n) is 25.6.